The van der Waals surface area contributed by atoms with Crippen molar-refractivity contribution in [3.8, 4) is 0 Å². The molecule has 0 saturated carbocycles. The number of rotatable bonds is 8. The standard InChI is InChI=1S/2C6H10O3.Al/c2*1-2-3-5(7)4-6(8)9;/h2*2-4H2,1H3,(H,8,9);/q;;+2/p-2. The third-order valence-electron chi connectivity index (χ3n) is 1.74. The number of Topliss-reactive ketones (excluding diaryl/α,β-unsaturated/α-hetero) is 2. The van der Waals surface area contributed by atoms with E-state index in [1.165, 1.54) is 0 Å². The molecule has 0 spiro atoms. The fourth-order valence-corrected chi connectivity index (χ4v) is 1.06. The second kappa shape index (κ2) is 14.9. The van der Waals surface area contributed by atoms with Crippen molar-refractivity contribution in [3.05, 3.63) is 0 Å². The van der Waals surface area contributed by atoms with Crippen LogP contribution in [-0.2, 0) is 19.2 Å². The average molecular weight is 285 g/mol. The summed E-state index contributed by atoms with van der Waals surface area (Å²) >= 11 is 0. The van der Waals surface area contributed by atoms with Crippen molar-refractivity contribution in [1.29, 1.82) is 0 Å². The van der Waals surface area contributed by atoms with Gasteiger partial charge in [-0.25, -0.2) is 0 Å². The van der Waals surface area contributed by atoms with Crippen LogP contribution < -0.4 is 10.2 Å². The van der Waals surface area contributed by atoms with Gasteiger partial charge in [-0.3, -0.25) is 9.59 Å². The minimum absolute atomic E-state index is 0. The van der Waals surface area contributed by atoms with Crippen LogP contribution in [-0.4, -0.2) is 40.9 Å². The molecule has 0 bridgehead atoms. The van der Waals surface area contributed by atoms with E-state index in [0.717, 1.165) is 0 Å². The predicted molar refractivity (Wildman–Crippen MR) is 64.8 cm³/mol. The first kappa shape index (κ1) is 22.9. The van der Waals surface area contributed by atoms with Gasteiger partial charge < -0.3 is 19.8 Å². The molecular formula is C12H18AlO6. The molecule has 105 valence electrons. The summed E-state index contributed by atoms with van der Waals surface area (Å²) in [5.74, 6) is -3.07. The van der Waals surface area contributed by atoms with Gasteiger partial charge in [0.15, 0.2) is 0 Å². The SMILES string of the molecule is CCCC(=O)CC(=O)[O-].CCCC(=O)CC(=O)[O-].[Al+2]. The number of hydrogen-bond donors (Lipinski definition) is 0. The summed E-state index contributed by atoms with van der Waals surface area (Å²) in [6.45, 7) is 3.65. The number of carboxylic acids is 2. The molecule has 0 aliphatic heterocycles. The van der Waals surface area contributed by atoms with Crippen LogP contribution in [0.1, 0.15) is 52.4 Å². The van der Waals surface area contributed by atoms with Gasteiger partial charge in [0.05, 0.1) is 0 Å². The Morgan fingerprint density at radius 1 is 0.737 bits per heavy atom. The van der Waals surface area contributed by atoms with Crippen LogP contribution in [0.5, 0.6) is 0 Å². The van der Waals surface area contributed by atoms with Crippen LogP contribution in [0.25, 0.3) is 0 Å². The second-order valence-corrected chi connectivity index (χ2v) is 3.67. The fourth-order valence-electron chi connectivity index (χ4n) is 1.06. The molecule has 19 heavy (non-hydrogen) atoms. The van der Waals surface area contributed by atoms with Crippen LogP contribution in [0.15, 0.2) is 0 Å². The Hall–Kier alpha value is -1.19. The molecule has 0 heterocycles. The van der Waals surface area contributed by atoms with Crippen molar-refractivity contribution in [2.75, 3.05) is 0 Å². The number of carbonyl (C=O) groups is 4. The van der Waals surface area contributed by atoms with Gasteiger partial charge in [0.2, 0.25) is 0 Å². The normalized spacial score (nSPS) is 8.53. The number of ketones is 2. The number of carbonyl (C=O) groups excluding carboxylic acids is 4. The Morgan fingerprint density at radius 3 is 1.16 bits per heavy atom. The average Bonchev–Trinajstić information content (AvgIpc) is 2.16. The summed E-state index contributed by atoms with van der Waals surface area (Å²) in [5.41, 5.74) is 0. The number of hydrogen-bond acceptors (Lipinski definition) is 6. The van der Waals surface area contributed by atoms with E-state index < -0.39 is 24.8 Å². The molecule has 0 amide bonds. The minimum atomic E-state index is -1.28. The molecule has 0 fully saturated rings. The first-order valence-corrected chi connectivity index (χ1v) is 5.76. The van der Waals surface area contributed by atoms with Gasteiger partial charge in [-0.05, 0) is 12.8 Å². The van der Waals surface area contributed by atoms with Crippen LogP contribution >= 0.6 is 0 Å². The first-order valence-electron chi connectivity index (χ1n) is 5.76. The summed E-state index contributed by atoms with van der Waals surface area (Å²) in [6.07, 6.45) is 1.21. The van der Waals surface area contributed by atoms with E-state index in [9.17, 15) is 29.4 Å². The molecule has 0 unspecified atom stereocenters. The molecule has 0 aromatic heterocycles. The van der Waals surface area contributed by atoms with Crippen molar-refractivity contribution < 1.29 is 29.4 Å². The van der Waals surface area contributed by atoms with Gasteiger partial charge in [0, 0.05) is 37.6 Å². The van der Waals surface area contributed by atoms with E-state index in [-0.39, 0.29) is 28.9 Å². The van der Waals surface area contributed by atoms with E-state index in [4.69, 9.17) is 0 Å². The maximum absolute atomic E-state index is 10.4. The Bertz CT molecular complexity index is 271. The summed E-state index contributed by atoms with van der Waals surface area (Å²) in [4.78, 5) is 40.4. The van der Waals surface area contributed by atoms with Gasteiger partial charge in [0.25, 0.3) is 0 Å². The predicted octanol–water partition coefficient (Wildman–Crippen LogP) is -1.39. The van der Waals surface area contributed by atoms with Crippen molar-refractivity contribution in [2.24, 2.45) is 0 Å². The maximum atomic E-state index is 10.4. The minimum Gasteiger partial charge on any atom is -0.550 e. The molecule has 6 nitrogen and oxygen atoms in total. The number of carboxylic acid groups (broad SMARTS) is 2. The van der Waals surface area contributed by atoms with Crippen LogP contribution in [0.3, 0.4) is 0 Å². The van der Waals surface area contributed by atoms with E-state index in [0.29, 0.717) is 25.7 Å². The van der Waals surface area contributed by atoms with E-state index in [2.05, 4.69) is 0 Å². The Kier molecular flexibility index (Phi) is 18.0. The number of aliphatic carboxylic acids is 2. The Morgan fingerprint density at radius 2 is 1.00 bits per heavy atom. The Balaban J connectivity index is -0.000000256. The fraction of sp³-hybridized carbons (Fsp3) is 0.667. The smallest absolute Gasteiger partial charge is 0.550 e. The van der Waals surface area contributed by atoms with Crippen molar-refractivity contribution in [3.63, 3.8) is 0 Å². The zero-order valence-electron chi connectivity index (χ0n) is 11.3. The molecule has 0 aromatic rings. The van der Waals surface area contributed by atoms with Crippen molar-refractivity contribution >= 4 is 40.9 Å². The monoisotopic (exact) mass is 285 g/mol. The van der Waals surface area contributed by atoms with E-state index in [1.54, 1.807) is 0 Å². The topological polar surface area (TPSA) is 114 Å². The van der Waals surface area contributed by atoms with Crippen molar-refractivity contribution in [2.45, 2.75) is 52.4 Å². The maximum Gasteiger partial charge on any atom is 2.00 e. The Labute approximate surface area is 123 Å². The van der Waals surface area contributed by atoms with Gasteiger partial charge in [-0.1, -0.05) is 13.8 Å². The van der Waals surface area contributed by atoms with E-state index in [1.807, 2.05) is 13.8 Å². The third kappa shape index (κ3) is 22.5. The van der Waals surface area contributed by atoms with Gasteiger partial charge in [0.1, 0.15) is 11.6 Å². The quantitative estimate of drug-likeness (QED) is 0.400. The van der Waals surface area contributed by atoms with Gasteiger partial charge in [-0.2, -0.15) is 0 Å². The van der Waals surface area contributed by atoms with Gasteiger partial charge >= 0.3 is 17.4 Å². The molecule has 0 rings (SSSR count). The molecule has 0 N–H and O–H groups in total. The molecule has 0 aromatic carbocycles. The molecule has 0 aliphatic rings. The second-order valence-electron chi connectivity index (χ2n) is 3.67. The molecule has 0 aliphatic carbocycles. The largest absolute Gasteiger partial charge is 2.00 e. The molecule has 0 saturated heterocycles. The zero-order valence-corrected chi connectivity index (χ0v) is 12.4. The van der Waals surface area contributed by atoms with Crippen LogP contribution in [0, 0.1) is 0 Å². The zero-order chi connectivity index (χ0) is 14.6. The summed E-state index contributed by atoms with van der Waals surface area (Å²) in [7, 11) is 0. The van der Waals surface area contributed by atoms with Crippen molar-refractivity contribution in [1.82, 2.24) is 0 Å². The molecule has 7 heteroatoms. The van der Waals surface area contributed by atoms with Crippen LogP contribution in [0.2, 0.25) is 0 Å². The third-order valence-corrected chi connectivity index (χ3v) is 1.74. The van der Waals surface area contributed by atoms with Gasteiger partial charge in [-0.15, -0.1) is 0 Å². The molecule has 1 radical (unpaired) electrons. The van der Waals surface area contributed by atoms with E-state index >= 15 is 0 Å². The molecular weight excluding hydrogens is 267 g/mol. The first-order chi connectivity index (χ1) is 8.33. The summed E-state index contributed by atoms with van der Waals surface area (Å²) < 4.78 is 0. The summed E-state index contributed by atoms with van der Waals surface area (Å²) in [6, 6.07) is 0. The van der Waals surface area contributed by atoms with Crippen LogP contribution in [0.4, 0.5) is 0 Å². The summed E-state index contributed by atoms with van der Waals surface area (Å²) in [5, 5.41) is 19.5. The molecule has 0 atom stereocenters.